The quantitative estimate of drug-likeness (QED) is 0.216. The molecule has 2 aromatic carbocycles. The molecular weight excluding hydrogens is 538 g/mol. The molecule has 6 rings (SSSR count). The molecule has 11 heteroatoms. The van der Waals surface area contributed by atoms with Gasteiger partial charge in [-0.1, -0.05) is 31.1 Å². The number of hydrogen-bond acceptors (Lipinski definition) is 10. The lowest BCUT2D eigenvalue weighted by atomic mass is 9.70. The van der Waals surface area contributed by atoms with Crippen molar-refractivity contribution in [1.29, 1.82) is 0 Å². The molecule has 0 bridgehead atoms. The number of aromatic nitrogens is 4. The first-order valence-electron chi connectivity index (χ1n) is 13.5. The number of methoxy groups -OCH3 is 3. The van der Waals surface area contributed by atoms with Crippen molar-refractivity contribution >= 4 is 17.6 Å². The Kier molecular flexibility index (Phi) is 7.01. The fourth-order valence-corrected chi connectivity index (χ4v) is 5.51. The third-order valence-electron chi connectivity index (χ3n) is 7.43. The Morgan fingerprint density at radius 1 is 1.05 bits per heavy atom. The Balaban J connectivity index is 1.33. The molecule has 11 nitrogen and oxygen atoms in total. The van der Waals surface area contributed by atoms with E-state index in [9.17, 15) is 4.79 Å². The monoisotopic (exact) mass is 569 g/mol. The molecule has 0 fully saturated rings. The SMILES string of the molecule is COc1ccc(C2C3=C(CC(C)(C)CC3=O)Oc3ncn4nc(CON=Cc5ccc(OC)c(OC)c5)nc4c32)cc1. The van der Waals surface area contributed by atoms with E-state index >= 15 is 0 Å². The summed E-state index contributed by atoms with van der Waals surface area (Å²) >= 11 is 0. The van der Waals surface area contributed by atoms with Crippen LogP contribution in [0.4, 0.5) is 0 Å². The highest BCUT2D eigenvalue weighted by molar-refractivity contribution is 6.00. The fraction of sp³-hybridized carbons (Fsp3) is 0.323. The van der Waals surface area contributed by atoms with E-state index in [0.717, 1.165) is 16.9 Å². The zero-order valence-electron chi connectivity index (χ0n) is 24.1. The zero-order valence-corrected chi connectivity index (χ0v) is 24.1. The molecular formula is C31H31N5O6. The fourth-order valence-electron chi connectivity index (χ4n) is 5.51. The van der Waals surface area contributed by atoms with Gasteiger partial charge in [0.2, 0.25) is 5.88 Å². The van der Waals surface area contributed by atoms with Crippen molar-refractivity contribution < 1.29 is 28.6 Å². The summed E-state index contributed by atoms with van der Waals surface area (Å²) < 4.78 is 23.9. The van der Waals surface area contributed by atoms with Crippen LogP contribution in [-0.4, -0.2) is 52.9 Å². The molecule has 2 aliphatic rings. The minimum atomic E-state index is -0.421. The molecule has 0 spiro atoms. The van der Waals surface area contributed by atoms with Crippen LogP contribution in [0.1, 0.15) is 55.1 Å². The Labute approximate surface area is 242 Å². The van der Waals surface area contributed by atoms with Gasteiger partial charge in [0.1, 0.15) is 17.8 Å². The summed E-state index contributed by atoms with van der Waals surface area (Å²) in [5.41, 5.74) is 3.34. The van der Waals surface area contributed by atoms with Gasteiger partial charge >= 0.3 is 0 Å². The third-order valence-corrected chi connectivity index (χ3v) is 7.43. The summed E-state index contributed by atoms with van der Waals surface area (Å²) in [6.07, 6.45) is 4.19. The van der Waals surface area contributed by atoms with Crippen LogP contribution in [0.3, 0.4) is 0 Å². The van der Waals surface area contributed by atoms with Crippen LogP contribution in [0, 0.1) is 5.41 Å². The molecule has 1 aliphatic heterocycles. The van der Waals surface area contributed by atoms with Gasteiger partial charge in [-0.3, -0.25) is 4.79 Å². The van der Waals surface area contributed by atoms with Crippen molar-refractivity contribution in [3.8, 4) is 23.1 Å². The van der Waals surface area contributed by atoms with Crippen molar-refractivity contribution in [2.24, 2.45) is 10.6 Å². The summed E-state index contributed by atoms with van der Waals surface area (Å²) in [6.45, 7) is 4.17. The number of carbonyl (C=O) groups is 1. The van der Waals surface area contributed by atoms with Gasteiger partial charge in [-0.25, -0.2) is 14.5 Å². The highest BCUT2D eigenvalue weighted by atomic mass is 16.6. The molecule has 1 atom stereocenters. The van der Waals surface area contributed by atoms with Crippen LogP contribution in [0.15, 0.2) is 65.3 Å². The third kappa shape index (κ3) is 5.02. The molecule has 4 aromatic rings. The van der Waals surface area contributed by atoms with Gasteiger partial charge in [0.05, 0.1) is 33.1 Å². The first-order chi connectivity index (χ1) is 20.3. The van der Waals surface area contributed by atoms with Crippen LogP contribution in [0.5, 0.6) is 23.1 Å². The second kappa shape index (κ2) is 10.8. The molecule has 0 saturated heterocycles. The predicted octanol–water partition coefficient (Wildman–Crippen LogP) is 4.87. The summed E-state index contributed by atoms with van der Waals surface area (Å²) in [5, 5.41) is 8.62. The molecule has 0 radical (unpaired) electrons. The number of Topliss-reactive ketones (excluding diaryl/α,β-unsaturated/α-hetero) is 1. The maximum absolute atomic E-state index is 13.6. The second-order valence-electron chi connectivity index (χ2n) is 11.0. The van der Waals surface area contributed by atoms with E-state index in [1.54, 1.807) is 50.5 Å². The number of fused-ring (bicyclic) bond motifs is 3. The van der Waals surface area contributed by atoms with Gasteiger partial charge < -0.3 is 23.8 Å². The van der Waals surface area contributed by atoms with E-state index in [2.05, 4.69) is 29.1 Å². The van der Waals surface area contributed by atoms with Gasteiger partial charge in [0, 0.05) is 29.9 Å². The highest BCUT2D eigenvalue weighted by Crippen LogP contribution is 2.50. The molecule has 0 saturated carbocycles. The number of ketones is 1. The van der Waals surface area contributed by atoms with Crippen molar-refractivity contribution in [2.45, 2.75) is 39.2 Å². The number of benzene rings is 2. The average Bonchev–Trinajstić information content (AvgIpc) is 3.41. The van der Waals surface area contributed by atoms with E-state index in [-0.39, 0.29) is 17.8 Å². The highest BCUT2D eigenvalue weighted by Gasteiger charge is 2.44. The first-order valence-corrected chi connectivity index (χ1v) is 13.5. The zero-order chi connectivity index (χ0) is 29.4. The van der Waals surface area contributed by atoms with Gasteiger partial charge in [-0.15, -0.1) is 5.10 Å². The molecule has 1 unspecified atom stereocenters. The molecule has 0 N–H and O–H groups in total. The Bertz CT molecular complexity index is 1720. The normalized spacial score (nSPS) is 17.5. The van der Waals surface area contributed by atoms with E-state index in [1.807, 2.05) is 30.3 Å². The lowest BCUT2D eigenvalue weighted by molar-refractivity contribution is -0.118. The number of allylic oxidation sites excluding steroid dienone is 2. The van der Waals surface area contributed by atoms with Crippen LogP contribution in [0.2, 0.25) is 0 Å². The van der Waals surface area contributed by atoms with E-state index in [4.69, 9.17) is 28.8 Å². The van der Waals surface area contributed by atoms with E-state index in [1.165, 1.54) is 0 Å². The van der Waals surface area contributed by atoms with E-state index < -0.39 is 5.92 Å². The Morgan fingerprint density at radius 2 is 1.83 bits per heavy atom. The minimum Gasteiger partial charge on any atom is -0.497 e. The largest absolute Gasteiger partial charge is 0.497 e. The predicted molar refractivity (Wildman–Crippen MR) is 153 cm³/mol. The van der Waals surface area contributed by atoms with Gasteiger partial charge in [0.25, 0.3) is 0 Å². The average molecular weight is 570 g/mol. The van der Waals surface area contributed by atoms with Crippen LogP contribution < -0.4 is 18.9 Å². The maximum atomic E-state index is 13.6. The van der Waals surface area contributed by atoms with Crippen molar-refractivity contribution in [3.05, 3.63) is 82.6 Å². The lowest BCUT2D eigenvalue weighted by Gasteiger charge is -2.37. The first kappa shape index (κ1) is 27.3. The smallest absolute Gasteiger partial charge is 0.228 e. The van der Waals surface area contributed by atoms with Crippen LogP contribution in [0.25, 0.3) is 5.65 Å². The second-order valence-corrected chi connectivity index (χ2v) is 11.0. The van der Waals surface area contributed by atoms with Crippen molar-refractivity contribution in [1.82, 2.24) is 19.6 Å². The lowest BCUT2D eigenvalue weighted by Crippen LogP contribution is -2.33. The number of carbonyl (C=O) groups excluding carboxylic acids is 1. The Hall–Kier alpha value is -4.93. The maximum Gasteiger partial charge on any atom is 0.228 e. The molecule has 3 heterocycles. The number of ether oxygens (including phenoxy) is 4. The summed E-state index contributed by atoms with van der Waals surface area (Å²) in [7, 11) is 4.78. The molecule has 1 aliphatic carbocycles. The van der Waals surface area contributed by atoms with Crippen molar-refractivity contribution in [2.75, 3.05) is 21.3 Å². The summed E-state index contributed by atoms with van der Waals surface area (Å²) in [4.78, 5) is 28.4. The Morgan fingerprint density at radius 3 is 2.57 bits per heavy atom. The molecule has 42 heavy (non-hydrogen) atoms. The topological polar surface area (TPSA) is 119 Å². The number of rotatable bonds is 8. The standard InChI is InChI=1S/C31H31N5O6/c1-31(2)13-21(37)27-24(14-31)42-30-28(26(27)19-7-9-20(38-3)10-8-19)29-34-25(35-36(29)17-32-30)16-41-33-15-18-6-11-22(39-4)23(12-18)40-5/h6-12,15,17,26H,13-14,16H2,1-5H3. The van der Waals surface area contributed by atoms with Crippen LogP contribution in [-0.2, 0) is 16.2 Å². The number of nitrogens with zero attached hydrogens (tertiary/aromatic N) is 5. The van der Waals surface area contributed by atoms with Crippen LogP contribution >= 0.6 is 0 Å². The molecule has 0 amide bonds. The summed E-state index contributed by atoms with van der Waals surface area (Å²) in [5.74, 6) is 3.06. The van der Waals surface area contributed by atoms with Gasteiger partial charge in [-0.05, 0) is 41.3 Å². The van der Waals surface area contributed by atoms with Gasteiger partial charge in [-0.2, -0.15) is 0 Å². The summed E-state index contributed by atoms with van der Waals surface area (Å²) in [6, 6.07) is 13.1. The number of hydrogen-bond donors (Lipinski definition) is 0. The van der Waals surface area contributed by atoms with E-state index in [0.29, 0.717) is 58.6 Å². The van der Waals surface area contributed by atoms with Gasteiger partial charge in [0.15, 0.2) is 35.4 Å². The number of oxime groups is 1. The molecule has 216 valence electrons. The minimum absolute atomic E-state index is 0.0232. The molecule has 2 aromatic heterocycles. The van der Waals surface area contributed by atoms with Crippen molar-refractivity contribution in [3.63, 3.8) is 0 Å².